The van der Waals surface area contributed by atoms with Crippen LogP contribution in [-0.2, 0) is 0 Å². The number of nitrogens with zero attached hydrogens (tertiary/aromatic N) is 3. The highest BCUT2D eigenvalue weighted by atomic mass is 16.3. The molecule has 4 aromatic carbocycles. The van der Waals surface area contributed by atoms with E-state index in [1.807, 2.05) is 107 Å². The molecule has 6 nitrogen and oxygen atoms in total. The van der Waals surface area contributed by atoms with Crippen LogP contribution >= 0.6 is 0 Å². The number of aromatic nitrogens is 2. The summed E-state index contributed by atoms with van der Waals surface area (Å²) in [5.41, 5.74) is 7.01. The zero-order valence-electron chi connectivity index (χ0n) is 22.5. The number of benzene rings is 4. The van der Waals surface area contributed by atoms with Crippen molar-refractivity contribution in [3.63, 3.8) is 0 Å². The minimum atomic E-state index is -0.307. The van der Waals surface area contributed by atoms with Crippen molar-refractivity contribution in [2.75, 3.05) is 4.90 Å². The van der Waals surface area contributed by atoms with Crippen molar-refractivity contribution in [3.8, 4) is 39.4 Å². The standard InChI is InChI=1S/C36H24N3O3/c40-34-14-13-29(24-33(34)27-7-2-1-3-8-27)38-21-17-26(18-22-38)25-15-19-37(20-16-25)28-9-6-10-30(23-28)39-35(41)31-11-4-5-12-32(31)36(39)42/h1-24H/q+1/p+1. The highest BCUT2D eigenvalue weighted by Gasteiger charge is 2.36. The minimum absolute atomic E-state index is 0.244. The molecule has 6 heteroatoms. The van der Waals surface area contributed by atoms with E-state index >= 15 is 0 Å². The number of rotatable bonds is 5. The summed E-state index contributed by atoms with van der Waals surface area (Å²) < 4.78 is 3.97. The van der Waals surface area contributed by atoms with Crippen LogP contribution in [0.25, 0.3) is 33.6 Å². The fourth-order valence-electron chi connectivity index (χ4n) is 5.33. The molecule has 0 spiro atoms. The van der Waals surface area contributed by atoms with Crippen LogP contribution in [0.4, 0.5) is 5.69 Å². The van der Waals surface area contributed by atoms with Crippen molar-refractivity contribution in [1.29, 1.82) is 0 Å². The van der Waals surface area contributed by atoms with Crippen LogP contribution in [0.3, 0.4) is 0 Å². The summed E-state index contributed by atoms with van der Waals surface area (Å²) >= 11 is 0. The molecule has 200 valence electrons. The molecular formula is C36H25N3O3+2. The van der Waals surface area contributed by atoms with Gasteiger partial charge in [0, 0.05) is 54.1 Å². The molecule has 2 aromatic heterocycles. The van der Waals surface area contributed by atoms with Crippen LogP contribution in [0.1, 0.15) is 20.7 Å². The fraction of sp³-hybridized carbons (Fsp3) is 0. The van der Waals surface area contributed by atoms with E-state index in [4.69, 9.17) is 0 Å². The number of carbonyl (C=O) groups is 2. The molecule has 1 N–H and O–H groups in total. The van der Waals surface area contributed by atoms with Crippen LogP contribution < -0.4 is 14.0 Å². The molecule has 2 amide bonds. The van der Waals surface area contributed by atoms with E-state index in [-0.39, 0.29) is 17.6 Å². The topological polar surface area (TPSA) is 65.4 Å². The molecule has 0 radical (unpaired) electrons. The SMILES string of the molecule is O=C1c2ccccc2C(=O)N1c1cccc(-[n+]2ccc(-c3cc[n+](-c4ccc(O)c(-c5ccccc5)c4)cc3)cc2)c1. The van der Waals surface area contributed by atoms with Crippen LogP contribution in [0.5, 0.6) is 5.75 Å². The van der Waals surface area contributed by atoms with E-state index in [1.165, 1.54) is 4.90 Å². The van der Waals surface area contributed by atoms with Crippen LogP contribution in [0, 0.1) is 0 Å². The summed E-state index contributed by atoms with van der Waals surface area (Å²) in [5.74, 6) is -0.370. The summed E-state index contributed by atoms with van der Waals surface area (Å²) in [6.45, 7) is 0. The van der Waals surface area contributed by atoms with Crippen LogP contribution in [0.15, 0.2) is 146 Å². The molecule has 42 heavy (non-hydrogen) atoms. The molecule has 0 aliphatic carbocycles. The van der Waals surface area contributed by atoms with Crippen molar-refractivity contribution in [2.45, 2.75) is 0 Å². The molecule has 0 saturated heterocycles. The van der Waals surface area contributed by atoms with Crippen molar-refractivity contribution < 1.29 is 23.8 Å². The quantitative estimate of drug-likeness (QED) is 0.210. The maximum absolute atomic E-state index is 13.0. The van der Waals surface area contributed by atoms with Gasteiger partial charge in [-0.2, -0.15) is 9.13 Å². The van der Waals surface area contributed by atoms with Crippen LogP contribution in [-0.4, -0.2) is 16.9 Å². The summed E-state index contributed by atoms with van der Waals surface area (Å²) in [6.07, 6.45) is 7.93. The molecule has 6 aromatic rings. The van der Waals surface area contributed by atoms with Crippen molar-refractivity contribution in [3.05, 3.63) is 157 Å². The number of aromatic hydroxyl groups is 1. The summed E-state index contributed by atoms with van der Waals surface area (Å²) in [7, 11) is 0. The molecule has 1 aliphatic rings. The lowest BCUT2D eigenvalue weighted by Gasteiger charge is -2.13. The van der Waals surface area contributed by atoms with Gasteiger partial charge in [-0.3, -0.25) is 9.59 Å². The lowest BCUT2D eigenvalue weighted by atomic mass is 10.0. The number of fused-ring (bicyclic) bond motifs is 1. The number of hydrogen-bond acceptors (Lipinski definition) is 3. The van der Waals surface area contributed by atoms with Crippen molar-refractivity contribution in [2.24, 2.45) is 0 Å². The Balaban J connectivity index is 1.12. The second kappa shape index (κ2) is 10.3. The van der Waals surface area contributed by atoms with E-state index in [1.54, 1.807) is 36.4 Å². The largest absolute Gasteiger partial charge is 0.507 e. The first kappa shape index (κ1) is 25.1. The van der Waals surface area contributed by atoms with Crippen molar-refractivity contribution >= 4 is 17.5 Å². The third kappa shape index (κ3) is 4.41. The number of amides is 2. The number of hydrogen-bond donors (Lipinski definition) is 1. The van der Waals surface area contributed by atoms with Crippen molar-refractivity contribution in [1.82, 2.24) is 0 Å². The average Bonchev–Trinajstić information content (AvgIpc) is 3.31. The molecule has 7 rings (SSSR count). The highest BCUT2D eigenvalue weighted by Crippen LogP contribution is 2.31. The molecule has 0 unspecified atom stereocenters. The van der Waals surface area contributed by atoms with Gasteiger partial charge in [-0.25, -0.2) is 4.90 Å². The smallest absolute Gasteiger partial charge is 0.266 e. The average molecular weight is 548 g/mol. The van der Waals surface area contributed by atoms with E-state index < -0.39 is 0 Å². The van der Waals surface area contributed by atoms with Gasteiger partial charge in [0.1, 0.15) is 5.75 Å². The Kier molecular flexibility index (Phi) is 6.14. The minimum Gasteiger partial charge on any atom is -0.507 e. The van der Waals surface area contributed by atoms with Gasteiger partial charge in [0.25, 0.3) is 11.8 Å². The molecular weight excluding hydrogens is 522 g/mol. The van der Waals surface area contributed by atoms with E-state index in [0.717, 1.165) is 33.6 Å². The van der Waals surface area contributed by atoms with Gasteiger partial charge in [-0.1, -0.05) is 48.5 Å². The molecule has 1 aliphatic heterocycles. The summed E-state index contributed by atoms with van der Waals surface area (Å²) in [6, 6.07) is 37.9. The van der Waals surface area contributed by atoms with Gasteiger partial charge in [-0.15, -0.1) is 0 Å². The van der Waals surface area contributed by atoms with Gasteiger partial charge in [-0.05, 0) is 41.0 Å². The van der Waals surface area contributed by atoms with Gasteiger partial charge >= 0.3 is 0 Å². The van der Waals surface area contributed by atoms with E-state index in [0.29, 0.717) is 16.8 Å². The summed E-state index contributed by atoms with van der Waals surface area (Å²) in [4.78, 5) is 27.1. The lowest BCUT2D eigenvalue weighted by Crippen LogP contribution is -2.32. The Labute approximate surface area is 242 Å². The van der Waals surface area contributed by atoms with Gasteiger partial charge in [0.15, 0.2) is 24.8 Å². The third-order valence-corrected chi connectivity index (χ3v) is 7.54. The second-order valence-electron chi connectivity index (χ2n) is 10.1. The number of imide groups is 1. The van der Waals surface area contributed by atoms with E-state index in [2.05, 4.69) is 12.1 Å². The zero-order chi connectivity index (χ0) is 28.6. The Hall–Kier alpha value is -5.88. The first-order valence-electron chi connectivity index (χ1n) is 13.6. The number of phenols is 1. The predicted octanol–water partition coefficient (Wildman–Crippen LogP) is 6.08. The highest BCUT2D eigenvalue weighted by molar-refractivity contribution is 6.34. The monoisotopic (exact) mass is 547 g/mol. The van der Waals surface area contributed by atoms with Gasteiger partial charge in [0.05, 0.1) is 16.8 Å². The zero-order valence-corrected chi connectivity index (χ0v) is 22.5. The Morgan fingerprint density at radius 1 is 0.476 bits per heavy atom. The number of pyridine rings is 2. The molecule has 3 heterocycles. The normalized spacial score (nSPS) is 12.4. The van der Waals surface area contributed by atoms with E-state index in [9.17, 15) is 14.7 Å². The maximum atomic E-state index is 13.0. The maximum Gasteiger partial charge on any atom is 0.266 e. The van der Waals surface area contributed by atoms with Crippen LogP contribution in [0.2, 0.25) is 0 Å². The molecule has 0 bridgehead atoms. The first-order chi connectivity index (χ1) is 20.6. The number of anilines is 1. The second-order valence-corrected chi connectivity index (χ2v) is 10.1. The first-order valence-corrected chi connectivity index (χ1v) is 13.6. The lowest BCUT2D eigenvalue weighted by molar-refractivity contribution is -0.596. The van der Waals surface area contributed by atoms with Gasteiger partial charge < -0.3 is 5.11 Å². The summed E-state index contributed by atoms with van der Waals surface area (Å²) in [5, 5.41) is 10.4. The fourth-order valence-corrected chi connectivity index (χ4v) is 5.33. The number of carbonyl (C=O) groups excluding carboxylic acids is 2. The third-order valence-electron chi connectivity index (χ3n) is 7.54. The predicted molar refractivity (Wildman–Crippen MR) is 160 cm³/mol. The number of phenolic OH excluding ortho intramolecular Hbond substituents is 1. The Bertz CT molecular complexity index is 1930. The van der Waals surface area contributed by atoms with Gasteiger partial charge in [0.2, 0.25) is 11.4 Å². The Morgan fingerprint density at radius 3 is 1.62 bits per heavy atom. The molecule has 0 atom stereocenters. The molecule has 0 fully saturated rings. The Morgan fingerprint density at radius 2 is 1.02 bits per heavy atom. The molecule has 0 saturated carbocycles.